The lowest BCUT2D eigenvalue weighted by atomic mass is 10.0. The third kappa shape index (κ3) is 34.2. The van der Waals surface area contributed by atoms with E-state index in [1.165, 1.54) is 289 Å². The van der Waals surface area contributed by atoms with Crippen molar-refractivity contribution in [3.63, 3.8) is 0 Å². The van der Waals surface area contributed by atoms with Crippen LogP contribution in [0.1, 0.15) is 296 Å². The first-order valence-corrected chi connectivity index (χ1v) is 25.4. The lowest BCUT2D eigenvalue weighted by molar-refractivity contribution is -0.704. The molecule has 0 aliphatic carbocycles. The molecule has 0 fully saturated rings. The molecule has 0 aliphatic rings. The average molecular weight is 742 g/mol. The van der Waals surface area contributed by atoms with E-state index < -0.39 is 0 Å². The molecule has 0 bridgehead atoms. The molecule has 2 nitrogen and oxygen atoms in total. The third-order valence-electron chi connectivity index (χ3n) is 12.3. The van der Waals surface area contributed by atoms with Gasteiger partial charge < -0.3 is 0 Å². The fourth-order valence-corrected chi connectivity index (χ4v) is 8.62. The van der Waals surface area contributed by atoms with Gasteiger partial charge in [-0.15, -0.1) is 0 Å². The molecular weight excluding hydrogens is 641 g/mol. The van der Waals surface area contributed by atoms with Gasteiger partial charge in [-0.25, -0.2) is 9.13 Å². The molecule has 1 rings (SSSR count). The van der Waals surface area contributed by atoms with E-state index in [4.69, 9.17) is 0 Å². The Labute approximate surface area is 336 Å². The molecule has 0 saturated heterocycles. The summed E-state index contributed by atoms with van der Waals surface area (Å²) in [5.41, 5.74) is 0. The van der Waals surface area contributed by atoms with Crippen LogP contribution in [0.3, 0.4) is 0 Å². The van der Waals surface area contributed by atoms with Gasteiger partial charge >= 0.3 is 0 Å². The summed E-state index contributed by atoms with van der Waals surface area (Å²) in [6.45, 7) is 9.42. The number of unbranched alkanes of at least 4 members (excludes halogenated alkanes) is 39. The molecule has 0 unspecified atom stereocenters. The van der Waals surface area contributed by atoms with Crippen molar-refractivity contribution in [2.24, 2.45) is 0 Å². The molecule has 1 aromatic heterocycles. The Morgan fingerprint density at radius 3 is 0.906 bits per heavy atom. The number of aryl methyl sites for hydroxylation is 2. The average Bonchev–Trinajstić information content (AvgIpc) is 3.55. The molecule has 0 aromatic carbocycles. The number of hydrogen-bond acceptors (Lipinski definition) is 0. The van der Waals surface area contributed by atoms with Crippen LogP contribution in [0.15, 0.2) is 12.4 Å². The van der Waals surface area contributed by atoms with Crippen LogP contribution in [0.25, 0.3) is 0 Å². The predicted octanol–water partition coefficient (Wildman–Crippen LogP) is 17.8. The van der Waals surface area contributed by atoms with Gasteiger partial charge in [0.15, 0.2) is 0 Å². The standard InChI is InChI=1S/C51H101N2/c1-4-7-10-13-16-19-22-25-27-30-33-36-39-42-45-48-53-50-49-52(47-44-41-38-35-32-29-24-21-18-15-12-9-6-3)51(53)46-43-40-37-34-31-28-26-23-20-17-14-11-8-5-2/h49-50H,4-48H2,1-3H3/q+1. The Kier molecular flexibility index (Phi) is 40.1. The molecule has 0 radical (unpaired) electrons. The lowest BCUT2D eigenvalue weighted by Crippen LogP contribution is -2.37. The highest BCUT2D eigenvalue weighted by atomic mass is 15.1. The van der Waals surface area contributed by atoms with Gasteiger partial charge in [0.25, 0.3) is 5.82 Å². The molecule has 0 aliphatic heterocycles. The summed E-state index contributed by atoms with van der Waals surface area (Å²) in [6.07, 6.45) is 66.8. The number of aromatic nitrogens is 2. The normalized spacial score (nSPS) is 11.7. The zero-order valence-electron chi connectivity index (χ0n) is 37.4. The van der Waals surface area contributed by atoms with Crippen molar-refractivity contribution >= 4 is 0 Å². The quantitative estimate of drug-likeness (QED) is 0.0465. The molecule has 2 heteroatoms. The van der Waals surface area contributed by atoms with E-state index in [1.54, 1.807) is 5.82 Å². The minimum Gasteiger partial charge on any atom is -0.234 e. The van der Waals surface area contributed by atoms with Gasteiger partial charge in [-0.3, -0.25) is 0 Å². The van der Waals surface area contributed by atoms with Crippen molar-refractivity contribution in [2.45, 2.75) is 310 Å². The van der Waals surface area contributed by atoms with Crippen molar-refractivity contribution in [1.29, 1.82) is 0 Å². The highest BCUT2D eigenvalue weighted by Gasteiger charge is 2.16. The van der Waals surface area contributed by atoms with Crippen molar-refractivity contribution in [2.75, 3.05) is 0 Å². The molecule has 314 valence electrons. The van der Waals surface area contributed by atoms with Gasteiger partial charge in [0, 0.05) is 6.42 Å². The maximum atomic E-state index is 2.66. The van der Waals surface area contributed by atoms with E-state index in [0.29, 0.717) is 0 Å². The van der Waals surface area contributed by atoms with E-state index in [1.807, 2.05) is 0 Å². The number of nitrogens with zero attached hydrogens (tertiary/aromatic N) is 2. The highest BCUT2D eigenvalue weighted by Crippen LogP contribution is 2.17. The summed E-state index contributed by atoms with van der Waals surface area (Å²) in [5, 5.41) is 0. The van der Waals surface area contributed by atoms with Crippen LogP contribution in [0.5, 0.6) is 0 Å². The Bertz CT molecular complexity index is 811. The molecule has 0 amide bonds. The summed E-state index contributed by atoms with van der Waals surface area (Å²) < 4.78 is 5.32. The second-order valence-electron chi connectivity index (χ2n) is 17.6. The van der Waals surface area contributed by atoms with Crippen molar-refractivity contribution in [1.82, 2.24) is 4.57 Å². The topological polar surface area (TPSA) is 8.81 Å². The molecule has 0 atom stereocenters. The third-order valence-corrected chi connectivity index (χ3v) is 12.3. The first kappa shape index (κ1) is 50.2. The molecule has 53 heavy (non-hydrogen) atoms. The highest BCUT2D eigenvalue weighted by molar-refractivity contribution is 4.84. The van der Waals surface area contributed by atoms with E-state index in [2.05, 4.69) is 42.3 Å². The molecule has 0 N–H and O–H groups in total. The minimum atomic E-state index is 1.23. The number of rotatable bonds is 45. The lowest BCUT2D eigenvalue weighted by Gasteiger charge is -2.07. The van der Waals surface area contributed by atoms with Gasteiger partial charge in [-0.05, 0) is 32.1 Å². The van der Waals surface area contributed by atoms with E-state index in [9.17, 15) is 0 Å². The van der Waals surface area contributed by atoms with Crippen LogP contribution in [-0.4, -0.2) is 4.57 Å². The summed E-state index contributed by atoms with van der Waals surface area (Å²) in [4.78, 5) is 0. The van der Waals surface area contributed by atoms with Gasteiger partial charge in [0.05, 0.1) is 13.1 Å². The summed E-state index contributed by atoms with van der Waals surface area (Å²) in [5.74, 6) is 1.63. The smallest absolute Gasteiger partial charge is 0.234 e. The zero-order chi connectivity index (χ0) is 38.0. The van der Waals surface area contributed by atoms with Gasteiger partial charge in [-0.1, -0.05) is 258 Å². The predicted molar refractivity (Wildman–Crippen MR) is 239 cm³/mol. The van der Waals surface area contributed by atoms with Crippen molar-refractivity contribution in [3.05, 3.63) is 18.2 Å². The van der Waals surface area contributed by atoms with Crippen molar-refractivity contribution < 1.29 is 4.57 Å². The Morgan fingerprint density at radius 2 is 0.585 bits per heavy atom. The molecule has 1 heterocycles. The van der Waals surface area contributed by atoms with Crippen LogP contribution >= 0.6 is 0 Å². The maximum absolute atomic E-state index is 2.66. The first-order valence-electron chi connectivity index (χ1n) is 25.4. The largest absolute Gasteiger partial charge is 0.256 e. The Balaban J connectivity index is 2.26. The van der Waals surface area contributed by atoms with Crippen LogP contribution < -0.4 is 4.57 Å². The number of imidazole rings is 1. The van der Waals surface area contributed by atoms with Crippen LogP contribution in [-0.2, 0) is 19.5 Å². The maximum Gasteiger partial charge on any atom is 0.256 e. The van der Waals surface area contributed by atoms with Crippen LogP contribution in [0.2, 0.25) is 0 Å². The second-order valence-corrected chi connectivity index (χ2v) is 17.6. The Hall–Kier alpha value is -0.790. The Morgan fingerprint density at radius 1 is 0.321 bits per heavy atom. The van der Waals surface area contributed by atoms with E-state index >= 15 is 0 Å². The van der Waals surface area contributed by atoms with Crippen molar-refractivity contribution in [3.8, 4) is 0 Å². The van der Waals surface area contributed by atoms with E-state index in [-0.39, 0.29) is 0 Å². The molecule has 1 aromatic rings. The summed E-state index contributed by atoms with van der Waals surface area (Å²) in [7, 11) is 0. The number of hydrogen-bond donors (Lipinski definition) is 0. The van der Waals surface area contributed by atoms with Crippen LogP contribution in [0.4, 0.5) is 0 Å². The second kappa shape index (κ2) is 42.4. The van der Waals surface area contributed by atoms with Crippen LogP contribution in [0, 0.1) is 0 Å². The summed E-state index contributed by atoms with van der Waals surface area (Å²) in [6, 6.07) is 0. The van der Waals surface area contributed by atoms with Gasteiger partial charge in [0.1, 0.15) is 12.4 Å². The molecule has 0 spiro atoms. The zero-order valence-corrected chi connectivity index (χ0v) is 37.4. The summed E-state index contributed by atoms with van der Waals surface area (Å²) >= 11 is 0. The molecule has 0 saturated carbocycles. The first-order chi connectivity index (χ1) is 26.3. The minimum absolute atomic E-state index is 1.23. The van der Waals surface area contributed by atoms with Gasteiger partial charge in [-0.2, -0.15) is 0 Å². The fraction of sp³-hybridized carbons (Fsp3) is 0.941. The fourth-order valence-electron chi connectivity index (χ4n) is 8.62. The monoisotopic (exact) mass is 742 g/mol. The van der Waals surface area contributed by atoms with Gasteiger partial charge in [0.2, 0.25) is 0 Å². The molecular formula is C51H101N2+. The van der Waals surface area contributed by atoms with E-state index in [0.717, 1.165) is 0 Å². The SMILES string of the molecule is CCCCCCCCCCCCCCCCC[n+]1ccn(CCCCCCCCCCCCCCC)c1CCCCCCCCCCCCCCCC.